The van der Waals surface area contributed by atoms with Crippen LogP contribution in [-0.2, 0) is 4.79 Å². The maximum Gasteiger partial charge on any atom is 0.315 e. The third kappa shape index (κ3) is 3.83. The average molecular weight is 250 g/mol. The molecular weight excluding hydrogens is 234 g/mol. The summed E-state index contributed by atoms with van der Waals surface area (Å²) < 4.78 is 23.6. The van der Waals surface area contributed by atoms with E-state index in [0.29, 0.717) is 12.8 Å². The van der Waals surface area contributed by atoms with Crippen LogP contribution in [0.3, 0.4) is 0 Å². The first-order valence-electron chi connectivity index (χ1n) is 5.49. The van der Waals surface area contributed by atoms with Crippen LogP contribution in [0.15, 0.2) is 0 Å². The van der Waals surface area contributed by atoms with Gasteiger partial charge in [-0.05, 0) is 12.8 Å². The van der Waals surface area contributed by atoms with E-state index in [0.717, 1.165) is 12.8 Å². The Morgan fingerprint density at radius 2 is 1.82 bits per heavy atom. The fraction of sp³-hybridized carbons (Fsp3) is 0.800. The van der Waals surface area contributed by atoms with Crippen LogP contribution >= 0.6 is 0 Å². The Morgan fingerprint density at radius 1 is 1.24 bits per heavy atom. The Morgan fingerprint density at radius 3 is 2.29 bits per heavy atom. The lowest BCUT2D eigenvalue weighted by Crippen LogP contribution is -2.45. The highest BCUT2D eigenvalue weighted by Crippen LogP contribution is 2.37. The van der Waals surface area contributed by atoms with Crippen molar-refractivity contribution < 1.29 is 23.5 Å². The van der Waals surface area contributed by atoms with Crippen molar-refractivity contribution in [2.45, 2.75) is 32.1 Å². The highest BCUT2D eigenvalue weighted by molar-refractivity contribution is 5.78. The summed E-state index contributed by atoms with van der Waals surface area (Å²) in [5.74, 6) is -0.941. The molecule has 1 aliphatic carbocycles. The maximum atomic E-state index is 11.8. The van der Waals surface area contributed by atoms with Gasteiger partial charge in [0.15, 0.2) is 0 Å². The van der Waals surface area contributed by atoms with Gasteiger partial charge in [-0.2, -0.15) is 0 Å². The van der Waals surface area contributed by atoms with Gasteiger partial charge in [-0.25, -0.2) is 13.6 Å². The number of carbonyl (C=O) groups is 2. The van der Waals surface area contributed by atoms with Crippen LogP contribution in [-0.4, -0.2) is 36.6 Å². The molecule has 7 heteroatoms. The van der Waals surface area contributed by atoms with Gasteiger partial charge in [0.25, 0.3) is 6.43 Å². The second-order valence-corrected chi connectivity index (χ2v) is 4.25. The van der Waals surface area contributed by atoms with Gasteiger partial charge in [-0.3, -0.25) is 4.79 Å². The topological polar surface area (TPSA) is 78.4 Å². The molecule has 0 bridgehead atoms. The first-order valence-corrected chi connectivity index (χ1v) is 5.49. The van der Waals surface area contributed by atoms with E-state index in [1.807, 2.05) is 5.32 Å². The van der Waals surface area contributed by atoms with E-state index < -0.39 is 30.4 Å². The standard InChI is InChI=1S/C10H16F2N2O3/c11-7(12)5-13-9(17)14-6-10(8(15)16)3-1-2-4-10/h7H,1-6H2,(H,15,16)(H2,13,14,17). The van der Waals surface area contributed by atoms with Gasteiger partial charge < -0.3 is 15.7 Å². The Balaban J connectivity index is 2.37. The highest BCUT2D eigenvalue weighted by atomic mass is 19.3. The molecule has 0 aromatic carbocycles. The number of urea groups is 1. The molecule has 17 heavy (non-hydrogen) atoms. The third-order valence-corrected chi connectivity index (χ3v) is 3.02. The minimum atomic E-state index is -2.61. The van der Waals surface area contributed by atoms with E-state index in [9.17, 15) is 18.4 Å². The zero-order chi connectivity index (χ0) is 12.9. The molecule has 0 aromatic heterocycles. The summed E-state index contributed by atoms with van der Waals surface area (Å²) in [6.07, 6.45) is 0.0365. The van der Waals surface area contributed by atoms with Crippen LogP contribution < -0.4 is 10.6 Å². The molecule has 5 nitrogen and oxygen atoms in total. The third-order valence-electron chi connectivity index (χ3n) is 3.02. The van der Waals surface area contributed by atoms with Crippen molar-refractivity contribution in [1.29, 1.82) is 0 Å². The van der Waals surface area contributed by atoms with E-state index in [1.165, 1.54) is 0 Å². The van der Waals surface area contributed by atoms with Gasteiger partial charge in [-0.15, -0.1) is 0 Å². The summed E-state index contributed by atoms with van der Waals surface area (Å²) in [4.78, 5) is 22.2. The smallest absolute Gasteiger partial charge is 0.315 e. The lowest BCUT2D eigenvalue weighted by atomic mass is 9.86. The fourth-order valence-corrected chi connectivity index (χ4v) is 2.00. The molecule has 0 atom stereocenters. The minimum Gasteiger partial charge on any atom is -0.481 e. The van der Waals surface area contributed by atoms with Gasteiger partial charge in [0.1, 0.15) is 0 Å². The molecule has 1 aliphatic rings. The van der Waals surface area contributed by atoms with Crippen molar-refractivity contribution >= 4 is 12.0 Å². The number of amides is 2. The quantitative estimate of drug-likeness (QED) is 0.686. The summed E-state index contributed by atoms with van der Waals surface area (Å²) in [5, 5.41) is 13.4. The van der Waals surface area contributed by atoms with Crippen molar-refractivity contribution in [1.82, 2.24) is 10.6 Å². The monoisotopic (exact) mass is 250 g/mol. The molecule has 0 aromatic rings. The molecule has 0 unspecified atom stereocenters. The van der Waals surface area contributed by atoms with Crippen molar-refractivity contribution in [3.8, 4) is 0 Å². The van der Waals surface area contributed by atoms with Crippen LogP contribution in [0.5, 0.6) is 0 Å². The van der Waals surface area contributed by atoms with Gasteiger partial charge in [0, 0.05) is 6.54 Å². The molecule has 2 amide bonds. The molecule has 98 valence electrons. The Hall–Kier alpha value is -1.40. The number of aliphatic carboxylic acids is 1. The number of nitrogens with one attached hydrogen (secondary N) is 2. The number of hydrogen-bond acceptors (Lipinski definition) is 2. The van der Waals surface area contributed by atoms with Gasteiger partial charge >= 0.3 is 12.0 Å². The predicted octanol–water partition coefficient (Wildman–Crippen LogP) is 1.20. The number of carboxylic acids is 1. The van der Waals surface area contributed by atoms with Crippen molar-refractivity contribution in [3.05, 3.63) is 0 Å². The SMILES string of the molecule is O=C(NCC(F)F)NCC1(C(=O)O)CCCC1. The normalized spacial score (nSPS) is 18.1. The molecular formula is C10H16F2N2O3. The van der Waals surface area contributed by atoms with Crippen LogP contribution in [0.4, 0.5) is 13.6 Å². The minimum absolute atomic E-state index is 0.0165. The highest BCUT2D eigenvalue weighted by Gasteiger charge is 2.41. The first kappa shape index (κ1) is 13.7. The van der Waals surface area contributed by atoms with E-state index in [2.05, 4.69) is 5.32 Å². The van der Waals surface area contributed by atoms with Crippen LogP contribution in [0.1, 0.15) is 25.7 Å². The Bertz CT molecular complexity index is 291. The van der Waals surface area contributed by atoms with Crippen LogP contribution in [0.25, 0.3) is 0 Å². The Labute approximate surface area is 97.6 Å². The lowest BCUT2D eigenvalue weighted by molar-refractivity contribution is -0.148. The first-order chi connectivity index (χ1) is 7.96. The van der Waals surface area contributed by atoms with E-state index in [-0.39, 0.29) is 6.54 Å². The summed E-state index contributed by atoms with van der Waals surface area (Å²) in [6.45, 7) is -0.747. The zero-order valence-corrected chi connectivity index (χ0v) is 9.34. The summed E-state index contributed by atoms with van der Waals surface area (Å²) in [7, 11) is 0. The van der Waals surface area contributed by atoms with Crippen molar-refractivity contribution in [2.75, 3.05) is 13.1 Å². The van der Waals surface area contributed by atoms with Gasteiger partial charge in [-0.1, -0.05) is 12.8 Å². The number of halogens is 2. The summed E-state index contributed by atoms with van der Waals surface area (Å²) in [6, 6.07) is -0.752. The van der Waals surface area contributed by atoms with Crippen LogP contribution in [0, 0.1) is 5.41 Å². The molecule has 0 heterocycles. The average Bonchev–Trinajstić information content (AvgIpc) is 2.73. The molecule has 0 radical (unpaired) electrons. The number of carbonyl (C=O) groups excluding carboxylic acids is 1. The lowest BCUT2D eigenvalue weighted by Gasteiger charge is -2.23. The number of rotatable bonds is 5. The Kier molecular flexibility index (Phi) is 4.65. The van der Waals surface area contributed by atoms with Crippen molar-refractivity contribution in [2.24, 2.45) is 5.41 Å². The fourth-order valence-electron chi connectivity index (χ4n) is 2.00. The van der Waals surface area contributed by atoms with Crippen molar-refractivity contribution in [3.63, 3.8) is 0 Å². The molecule has 0 spiro atoms. The van der Waals surface area contributed by atoms with E-state index in [1.54, 1.807) is 0 Å². The molecule has 0 aliphatic heterocycles. The maximum absolute atomic E-state index is 11.8. The second kappa shape index (κ2) is 5.79. The zero-order valence-electron chi connectivity index (χ0n) is 9.34. The van der Waals surface area contributed by atoms with E-state index in [4.69, 9.17) is 5.11 Å². The number of carboxylic acid groups (broad SMARTS) is 1. The molecule has 0 saturated heterocycles. The molecule has 3 N–H and O–H groups in total. The molecule has 1 rings (SSSR count). The van der Waals surface area contributed by atoms with Gasteiger partial charge in [0.05, 0.1) is 12.0 Å². The summed E-state index contributed by atoms with van der Waals surface area (Å²) in [5.41, 5.74) is -0.928. The number of hydrogen-bond donors (Lipinski definition) is 3. The predicted molar refractivity (Wildman–Crippen MR) is 55.9 cm³/mol. The molecule has 1 fully saturated rings. The summed E-state index contributed by atoms with van der Waals surface area (Å²) >= 11 is 0. The van der Waals surface area contributed by atoms with Crippen LogP contribution in [0.2, 0.25) is 0 Å². The largest absolute Gasteiger partial charge is 0.481 e. The van der Waals surface area contributed by atoms with E-state index >= 15 is 0 Å². The molecule has 1 saturated carbocycles. The number of alkyl halides is 2. The van der Waals surface area contributed by atoms with Gasteiger partial charge in [0.2, 0.25) is 0 Å². The second-order valence-electron chi connectivity index (χ2n) is 4.25.